The molecule has 1 aliphatic rings. The van der Waals surface area contributed by atoms with Gasteiger partial charge in [0.2, 0.25) is 0 Å². The van der Waals surface area contributed by atoms with Gasteiger partial charge in [-0.05, 0) is 34.6 Å². The summed E-state index contributed by atoms with van der Waals surface area (Å²) in [6.45, 7) is 9.15. The lowest BCUT2D eigenvalue weighted by molar-refractivity contribution is 0.785. The number of hydrogen-bond donors (Lipinski definition) is 0. The van der Waals surface area contributed by atoms with E-state index in [-0.39, 0.29) is 0 Å². The Hall–Kier alpha value is -0.690. The Morgan fingerprint density at radius 1 is 1.00 bits per heavy atom. The van der Waals surface area contributed by atoms with E-state index in [1.54, 1.807) is 0 Å². The third-order valence-corrected chi connectivity index (χ3v) is 4.12. The topological polar surface area (TPSA) is 0 Å². The molecule has 16 heavy (non-hydrogen) atoms. The average molecular weight is 232 g/mol. The summed E-state index contributed by atoms with van der Waals surface area (Å²) < 4.78 is 0. The molecular weight excluding hydrogens is 212 g/mol. The molecule has 0 N–H and O–H groups in total. The van der Waals surface area contributed by atoms with Gasteiger partial charge >= 0.3 is 0 Å². The fourth-order valence-electron chi connectivity index (χ4n) is 2.20. The van der Waals surface area contributed by atoms with Crippen molar-refractivity contribution in [2.75, 3.05) is 5.75 Å². The van der Waals surface area contributed by atoms with Gasteiger partial charge in [0, 0.05) is 10.6 Å². The molecule has 0 nitrogen and oxygen atoms in total. The van der Waals surface area contributed by atoms with Gasteiger partial charge in [0.1, 0.15) is 0 Å². The van der Waals surface area contributed by atoms with Crippen LogP contribution in [-0.4, -0.2) is 5.75 Å². The predicted molar refractivity (Wildman–Crippen MR) is 74.4 cm³/mol. The van der Waals surface area contributed by atoms with Crippen LogP contribution in [0.3, 0.4) is 0 Å². The maximum absolute atomic E-state index is 2.41. The molecule has 0 fully saturated rings. The molecule has 0 aromatic heterocycles. The summed E-state index contributed by atoms with van der Waals surface area (Å²) in [5.41, 5.74) is 4.45. The van der Waals surface area contributed by atoms with Gasteiger partial charge < -0.3 is 0 Å². The zero-order valence-electron chi connectivity index (χ0n) is 10.6. The number of hydrogen-bond acceptors (Lipinski definition) is 1. The summed E-state index contributed by atoms with van der Waals surface area (Å²) in [7, 11) is 0. The minimum absolute atomic E-state index is 0.614. The number of benzene rings is 1. The fourth-order valence-corrected chi connectivity index (χ4v) is 3.07. The van der Waals surface area contributed by atoms with Crippen molar-refractivity contribution in [3.63, 3.8) is 0 Å². The van der Waals surface area contributed by atoms with Gasteiger partial charge in [-0.1, -0.05) is 45.9 Å². The van der Waals surface area contributed by atoms with E-state index in [2.05, 4.69) is 52.0 Å². The van der Waals surface area contributed by atoms with Gasteiger partial charge in [-0.25, -0.2) is 0 Å². The Morgan fingerprint density at radius 2 is 1.62 bits per heavy atom. The van der Waals surface area contributed by atoms with Crippen molar-refractivity contribution in [3.05, 3.63) is 34.9 Å². The van der Waals surface area contributed by atoms with Crippen LogP contribution in [0, 0.1) is 0 Å². The first-order chi connectivity index (χ1) is 7.59. The van der Waals surface area contributed by atoms with E-state index in [1.807, 2.05) is 11.8 Å². The lowest BCUT2D eigenvalue weighted by atomic mass is 9.89. The fraction of sp³-hybridized carbons (Fsp3) is 0.467. The Bertz CT molecular complexity index is 414. The molecule has 0 saturated heterocycles. The predicted octanol–water partition coefficient (Wildman–Crippen LogP) is 5.05. The van der Waals surface area contributed by atoms with Crippen molar-refractivity contribution in [3.8, 4) is 0 Å². The monoisotopic (exact) mass is 232 g/mol. The number of thioether (sulfide) groups is 1. The van der Waals surface area contributed by atoms with Gasteiger partial charge in [-0.15, -0.1) is 11.8 Å². The highest BCUT2D eigenvalue weighted by atomic mass is 32.2. The summed E-state index contributed by atoms with van der Waals surface area (Å²) >= 11 is 1.95. The standard InChI is InChI=1S/C15H20S/c1-10(2)13-8-12-6-5-7-16-15(12)9-14(13)11(3)4/h5-6,8-11H,7H2,1-4H3. The van der Waals surface area contributed by atoms with Gasteiger partial charge in [-0.2, -0.15) is 0 Å². The molecule has 0 radical (unpaired) electrons. The molecule has 0 unspecified atom stereocenters. The van der Waals surface area contributed by atoms with Crippen LogP contribution in [-0.2, 0) is 0 Å². The van der Waals surface area contributed by atoms with E-state index in [0.717, 1.165) is 5.75 Å². The van der Waals surface area contributed by atoms with Crippen LogP contribution in [0.25, 0.3) is 6.08 Å². The second-order valence-electron chi connectivity index (χ2n) is 5.04. The second kappa shape index (κ2) is 4.67. The minimum Gasteiger partial charge on any atom is -0.121 e. The van der Waals surface area contributed by atoms with Crippen molar-refractivity contribution in [2.24, 2.45) is 0 Å². The summed E-state index contributed by atoms with van der Waals surface area (Å²) in [4.78, 5) is 1.45. The molecule has 0 atom stereocenters. The van der Waals surface area contributed by atoms with E-state index < -0.39 is 0 Å². The Kier molecular flexibility index (Phi) is 3.44. The third kappa shape index (κ3) is 2.20. The van der Waals surface area contributed by atoms with Crippen molar-refractivity contribution in [2.45, 2.75) is 44.4 Å². The summed E-state index contributed by atoms with van der Waals surface area (Å²) in [5, 5.41) is 0. The first-order valence-electron chi connectivity index (χ1n) is 6.06. The maximum atomic E-state index is 2.41. The highest BCUT2D eigenvalue weighted by Gasteiger charge is 2.14. The third-order valence-electron chi connectivity index (χ3n) is 3.09. The normalized spacial score (nSPS) is 14.6. The van der Waals surface area contributed by atoms with E-state index in [9.17, 15) is 0 Å². The van der Waals surface area contributed by atoms with E-state index in [0.29, 0.717) is 11.8 Å². The average Bonchev–Trinajstić information content (AvgIpc) is 2.27. The molecule has 1 aliphatic heterocycles. The molecular formula is C15H20S. The molecule has 0 saturated carbocycles. The summed E-state index contributed by atoms with van der Waals surface area (Å²) in [6.07, 6.45) is 4.52. The van der Waals surface area contributed by atoms with E-state index >= 15 is 0 Å². The highest BCUT2D eigenvalue weighted by Crippen LogP contribution is 2.36. The number of rotatable bonds is 2. The zero-order chi connectivity index (χ0) is 11.7. The molecule has 2 rings (SSSR count). The first kappa shape index (κ1) is 11.8. The molecule has 1 aromatic rings. The summed E-state index contributed by atoms with van der Waals surface area (Å²) in [5.74, 6) is 2.35. The molecule has 0 spiro atoms. The Morgan fingerprint density at radius 3 is 2.25 bits per heavy atom. The quantitative estimate of drug-likeness (QED) is 0.687. The van der Waals surface area contributed by atoms with Crippen LogP contribution >= 0.6 is 11.8 Å². The minimum atomic E-state index is 0.614. The van der Waals surface area contributed by atoms with Crippen LogP contribution in [0.4, 0.5) is 0 Å². The lowest BCUT2D eigenvalue weighted by Gasteiger charge is -2.20. The van der Waals surface area contributed by atoms with Gasteiger partial charge in [0.15, 0.2) is 0 Å². The molecule has 1 aromatic carbocycles. The van der Waals surface area contributed by atoms with Crippen molar-refractivity contribution in [1.82, 2.24) is 0 Å². The SMILES string of the molecule is CC(C)c1cc2c(cc1C(C)C)SCC=C2. The molecule has 0 aliphatic carbocycles. The van der Waals surface area contributed by atoms with Crippen molar-refractivity contribution in [1.29, 1.82) is 0 Å². The lowest BCUT2D eigenvalue weighted by Crippen LogP contribution is -2.01. The number of fused-ring (bicyclic) bond motifs is 1. The van der Waals surface area contributed by atoms with Gasteiger partial charge in [0.05, 0.1) is 0 Å². The van der Waals surface area contributed by atoms with Crippen LogP contribution < -0.4 is 0 Å². The first-order valence-corrected chi connectivity index (χ1v) is 7.05. The van der Waals surface area contributed by atoms with Crippen molar-refractivity contribution >= 4 is 17.8 Å². The van der Waals surface area contributed by atoms with Crippen LogP contribution in [0.2, 0.25) is 0 Å². The van der Waals surface area contributed by atoms with Gasteiger partial charge in [-0.3, -0.25) is 0 Å². The van der Waals surface area contributed by atoms with Crippen molar-refractivity contribution < 1.29 is 0 Å². The smallest absolute Gasteiger partial charge is 0.0164 e. The van der Waals surface area contributed by atoms with Gasteiger partial charge in [0.25, 0.3) is 0 Å². The molecule has 1 heteroatoms. The molecule has 0 bridgehead atoms. The Labute approximate surface area is 103 Å². The summed E-state index contributed by atoms with van der Waals surface area (Å²) in [6, 6.07) is 4.79. The Balaban J connectivity index is 2.56. The zero-order valence-corrected chi connectivity index (χ0v) is 11.4. The maximum Gasteiger partial charge on any atom is 0.0164 e. The molecule has 0 amide bonds. The van der Waals surface area contributed by atoms with Crippen LogP contribution in [0.1, 0.15) is 56.2 Å². The van der Waals surface area contributed by atoms with Crippen LogP contribution in [0.5, 0.6) is 0 Å². The molecule has 1 heterocycles. The van der Waals surface area contributed by atoms with E-state index in [4.69, 9.17) is 0 Å². The molecule has 86 valence electrons. The van der Waals surface area contributed by atoms with Crippen LogP contribution in [0.15, 0.2) is 23.1 Å². The highest BCUT2D eigenvalue weighted by molar-refractivity contribution is 7.99. The second-order valence-corrected chi connectivity index (χ2v) is 6.10. The van der Waals surface area contributed by atoms with E-state index in [1.165, 1.54) is 21.6 Å². The largest absolute Gasteiger partial charge is 0.121 e.